The van der Waals surface area contributed by atoms with Crippen LogP contribution in [0.25, 0.3) is 99.4 Å². The van der Waals surface area contributed by atoms with Gasteiger partial charge in [-0.25, -0.2) is 24.9 Å². The van der Waals surface area contributed by atoms with Gasteiger partial charge in [0, 0.05) is 43.5 Å². The fraction of sp³-hybridized carbons (Fsp3) is 0. The third-order valence-corrected chi connectivity index (χ3v) is 11.0. The van der Waals surface area contributed by atoms with E-state index in [0.29, 0.717) is 34.4 Å². The molecule has 0 atom stereocenters. The molecule has 0 bridgehead atoms. The predicted octanol–water partition coefficient (Wildman–Crippen LogP) is 12.4. The first-order valence-electron chi connectivity index (χ1n) is 18.3. The number of rotatable bonds is 7. The van der Waals surface area contributed by atoms with E-state index in [4.69, 9.17) is 24.9 Å². The van der Waals surface area contributed by atoms with Gasteiger partial charge in [-0.1, -0.05) is 164 Å². The SMILES string of the molecule is Oc1cccc(-c2nc(-c3ccccc3)nc(-c3ccc(-c4ccccc4)cc3)n2)c1-c1cccc(-c2nc(-c3ccccc3)nc3c2sc2ccccc23)c1. The Balaban J connectivity index is 1.13. The van der Waals surface area contributed by atoms with Crippen LogP contribution >= 0.6 is 11.3 Å². The molecular formula is C49H31N5OS. The molecule has 6 nitrogen and oxygen atoms in total. The molecule has 0 fully saturated rings. The van der Waals surface area contributed by atoms with E-state index in [0.717, 1.165) is 64.9 Å². The summed E-state index contributed by atoms with van der Waals surface area (Å²) in [5, 5.41) is 12.7. The number of aromatic nitrogens is 5. The van der Waals surface area contributed by atoms with Crippen LogP contribution in [0.2, 0.25) is 0 Å². The Morgan fingerprint density at radius 1 is 0.375 bits per heavy atom. The van der Waals surface area contributed by atoms with E-state index in [9.17, 15) is 5.11 Å². The van der Waals surface area contributed by atoms with Crippen molar-refractivity contribution >= 4 is 31.6 Å². The van der Waals surface area contributed by atoms with Gasteiger partial charge >= 0.3 is 0 Å². The van der Waals surface area contributed by atoms with Crippen LogP contribution < -0.4 is 0 Å². The molecule has 7 aromatic carbocycles. The minimum Gasteiger partial charge on any atom is -0.507 e. The lowest BCUT2D eigenvalue weighted by Crippen LogP contribution is -2.01. The number of phenols is 1. The molecule has 0 spiro atoms. The minimum absolute atomic E-state index is 0.120. The first kappa shape index (κ1) is 33.2. The van der Waals surface area contributed by atoms with Gasteiger partial charge in [-0.05, 0) is 34.9 Å². The van der Waals surface area contributed by atoms with Gasteiger partial charge < -0.3 is 5.11 Å². The zero-order valence-corrected chi connectivity index (χ0v) is 30.7. The highest BCUT2D eigenvalue weighted by Crippen LogP contribution is 2.43. The van der Waals surface area contributed by atoms with Crippen LogP contribution in [0.5, 0.6) is 5.75 Å². The molecule has 0 radical (unpaired) electrons. The Morgan fingerprint density at radius 2 is 0.875 bits per heavy atom. The minimum atomic E-state index is 0.120. The van der Waals surface area contributed by atoms with Gasteiger partial charge in [0.2, 0.25) is 0 Å². The lowest BCUT2D eigenvalue weighted by atomic mass is 9.95. The standard InChI is InChI=1S/C49H31N5OS/c55-40-24-13-23-39(49-53-47(34-18-8-3-9-19-34)52-48(54-49)35-28-26-32(27-29-35)31-14-4-1-5-15-31)42(40)36-20-12-21-37(30-36)43-45-44(38-22-10-11-25-41(38)56-45)51-46(50-43)33-16-6-2-7-17-33/h1-30,55H. The maximum absolute atomic E-state index is 11.6. The third kappa shape index (κ3) is 6.16. The number of phenolic OH excluding ortho intramolecular Hbond substituents is 1. The van der Waals surface area contributed by atoms with Crippen LogP contribution in [0.1, 0.15) is 0 Å². The maximum atomic E-state index is 11.6. The molecule has 56 heavy (non-hydrogen) atoms. The lowest BCUT2D eigenvalue weighted by Gasteiger charge is -2.14. The van der Waals surface area contributed by atoms with Crippen molar-refractivity contribution in [2.45, 2.75) is 0 Å². The smallest absolute Gasteiger partial charge is 0.164 e. The maximum Gasteiger partial charge on any atom is 0.164 e. The summed E-state index contributed by atoms with van der Waals surface area (Å²) in [7, 11) is 0. The Labute approximate surface area is 327 Å². The van der Waals surface area contributed by atoms with Gasteiger partial charge in [0.05, 0.1) is 15.9 Å². The van der Waals surface area contributed by atoms with Gasteiger partial charge in [0.25, 0.3) is 0 Å². The summed E-state index contributed by atoms with van der Waals surface area (Å²) in [6.07, 6.45) is 0. The number of thiophene rings is 1. The summed E-state index contributed by atoms with van der Waals surface area (Å²) >= 11 is 1.69. The number of benzene rings is 7. The number of aromatic hydroxyl groups is 1. The molecule has 10 rings (SSSR count). The Bertz CT molecular complexity index is 3020. The van der Waals surface area contributed by atoms with Crippen molar-refractivity contribution in [1.82, 2.24) is 24.9 Å². The molecule has 0 saturated heterocycles. The van der Waals surface area contributed by atoms with Crippen LogP contribution in [-0.2, 0) is 0 Å². The van der Waals surface area contributed by atoms with Crippen LogP contribution in [0.3, 0.4) is 0 Å². The fourth-order valence-corrected chi connectivity index (χ4v) is 8.29. The Morgan fingerprint density at radius 3 is 1.57 bits per heavy atom. The summed E-state index contributed by atoms with van der Waals surface area (Å²) in [5.41, 5.74) is 9.69. The van der Waals surface area contributed by atoms with Crippen molar-refractivity contribution in [3.63, 3.8) is 0 Å². The number of fused-ring (bicyclic) bond motifs is 3. The third-order valence-electron chi connectivity index (χ3n) is 9.88. The normalized spacial score (nSPS) is 11.3. The Hall–Kier alpha value is -7.35. The van der Waals surface area contributed by atoms with E-state index < -0.39 is 0 Å². The lowest BCUT2D eigenvalue weighted by molar-refractivity contribution is 0.477. The molecule has 264 valence electrons. The van der Waals surface area contributed by atoms with Crippen LogP contribution in [0.4, 0.5) is 0 Å². The van der Waals surface area contributed by atoms with Gasteiger partial charge in [0.1, 0.15) is 5.75 Å². The molecule has 3 heterocycles. The van der Waals surface area contributed by atoms with E-state index in [1.807, 2.05) is 121 Å². The summed E-state index contributed by atoms with van der Waals surface area (Å²) in [5.74, 6) is 2.32. The van der Waals surface area contributed by atoms with Crippen LogP contribution in [0, 0.1) is 0 Å². The number of hydrogen-bond donors (Lipinski definition) is 1. The van der Waals surface area contributed by atoms with Crippen molar-refractivity contribution in [2.75, 3.05) is 0 Å². The highest BCUT2D eigenvalue weighted by atomic mass is 32.1. The molecule has 10 aromatic rings. The molecule has 0 aliphatic carbocycles. The molecule has 7 heteroatoms. The molecule has 0 amide bonds. The number of hydrogen-bond acceptors (Lipinski definition) is 7. The average Bonchev–Trinajstić information content (AvgIpc) is 3.65. The van der Waals surface area contributed by atoms with Gasteiger partial charge in [-0.15, -0.1) is 11.3 Å². The fourth-order valence-electron chi connectivity index (χ4n) is 7.14. The molecule has 3 aromatic heterocycles. The first-order valence-corrected chi connectivity index (χ1v) is 19.1. The van der Waals surface area contributed by atoms with E-state index in [-0.39, 0.29) is 5.75 Å². The highest BCUT2D eigenvalue weighted by Gasteiger charge is 2.21. The quantitative estimate of drug-likeness (QED) is 0.175. The second-order valence-corrected chi connectivity index (χ2v) is 14.5. The van der Waals surface area contributed by atoms with Crippen LogP contribution in [0.15, 0.2) is 182 Å². The zero-order valence-electron chi connectivity index (χ0n) is 29.9. The predicted molar refractivity (Wildman–Crippen MR) is 228 cm³/mol. The average molecular weight is 738 g/mol. The van der Waals surface area contributed by atoms with Gasteiger partial charge in [-0.3, -0.25) is 0 Å². The van der Waals surface area contributed by atoms with Crippen molar-refractivity contribution in [2.24, 2.45) is 0 Å². The summed E-state index contributed by atoms with van der Waals surface area (Å²) in [4.78, 5) is 25.3. The van der Waals surface area contributed by atoms with E-state index in [1.54, 1.807) is 17.4 Å². The van der Waals surface area contributed by atoms with E-state index in [2.05, 4.69) is 54.6 Å². The monoisotopic (exact) mass is 737 g/mol. The first-order chi connectivity index (χ1) is 27.7. The van der Waals surface area contributed by atoms with Crippen molar-refractivity contribution in [1.29, 1.82) is 0 Å². The number of nitrogens with zero attached hydrogens (tertiary/aromatic N) is 5. The second-order valence-electron chi connectivity index (χ2n) is 13.4. The zero-order chi connectivity index (χ0) is 37.4. The van der Waals surface area contributed by atoms with E-state index >= 15 is 0 Å². The molecule has 0 aliphatic heterocycles. The summed E-state index contributed by atoms with van der Waals surface area (Å²) in [6, 6.07) is 60.5. The van der Waals surface area contributed by atoms with Crippen LogP contribution in [-0.4, -0.2) is 30.0 Å². The highest BCUT2D eigenvalue weighted by molar-refractivity contribution is 7.26. The Kier molecular flexibility index (Phi) is 8.39. The second kappa shape index (κ2) is 14.1. The molecule has 0 saturated carbocycles. The molecular weight excluding hydrogens is 707 g/mol. The topological polar surface area (TPSA) is 84.7 Å². The van der Waals surface area contributed by atoms with Gasteiger partial charge in [-0.2, -0.15) is 0 Å². The van der Waals surface area contributed by atoms with Crippen molar-refractivity contribution < 1.29 is 5.11 Å². The largest absolute Gasteiger partial charge is 0.507 e. The molecule has 0 unspecified atom stereocenters. The van der Waals surface area contributed by atoms with Crippen molar-refractivity contribution in [3.05, 3.63) is 182 Å². The van der Waals surface area contributed by atoms with Gasteiger partial charge in [0.15, 0.2) is 23.3 Å². The molecule has 1 N–H and O–H groups in total. The van der Waals surface area contributed by atoms with E-state index in [1.165, 1.54) is 0 Å². The van der Waals surface area contributed by atoms with Crippen molar-refractivity contribution in [3.8, 4) is 84.8 Å². The summed E-state index contributed by atoms with van der Waals surface area (Å²) in [6.45, 7) is 0. The summed E-state index contributed by atoms with van der Waals surface area (Å²) < 4.78 is 2.16. The molecule has 0 aliphatic rings.